The Morgan fingerprint density at radius 3 is 2.62 bits per heavy atom. The van der Waals surface area contributed by atoms with Crippen molar-refractivity contribution in [3.8, 4) is 11.8 Å². The average Bonchev–Trinajstić information content (AvgIpc) is 3.03. The number of hydrogen-bond donors (Lipinski definition) is 0. The molecule has 0 radical (unpaired) electrons. The molecule has 0 bridgehead atoms. The summed E-state index contributed by atoms with van der Waals surface area (Å²) in [6.07, 6.45) is 0. The molecule has 0 aliphatic heterocycles. The minimum atomic E-state index is -1.17. The van der Waals surface area contributed by atoms with Crippen LogP contribution in [0.5, 0.6) is 11.8 Å². The monoisotopic (exact) mass is 588 g/mol. The van der Waals surface area contributed by atoms with Crippen molar-refractivity contribution in [3.63, 3.8) is 0 Å². The molecule has 0 aliphatic rings. The van der Waals surface area contributed by atoms with Gasteiger partial charge in [0, 0.05) is 25.4 Å². The lowest BCUT2D eigenvalue weighted by Gasteiger charge is -2.16. The maximum Gasteiger partial charge on any atom is 0.304 e. The van der Waals surface area contributed by atoms with E-state index in [1.54, 1.807) is 7.11 Å². The molecule has 3 rings (SSSR count). The zero-order valence-electron chi connectivity index (χ0n) is 19.2. The summed E-state index contributed by atoms with van der Waals surface area (Å²) in [6, 6.07) is 11.4. The van der Waals surface area contributed by atoms with Crippen LogP contribution in [0, 0.1) is 10.5 Å². The maximum absolute atomic E-state index is 6.40. The highest BCUT2D eigenvalue weighted by atomic mass is 127. The van der Waals surface area contributed by atoms with Gasteiger partial charge in [-0.25, -0.2) is 0 Å². The number of halogens is 2. The van der Waals surface area contributed by atoms with Crippen LogP contribution in [-0.4, -0.2) is 38.1 Å². The first-order valence-electron chi connectivity index (χ1n) is 10.4. The Morgan fingerprint density at radius 1 is 1.12 bits per heavy atom. The fraction of sp³-hybridized carbons (Fsp3) is 0.435. The molecule has 9 heteroatoms. The number of benzene rings is 2. The summed E-state index contributed by atoms with van der Waals surface area (Å²) in [6.45, 7) is 10.8. The van der Waals surface area contributed by atoms with E-state index in [1.807, 2.05) is 41.8 Å². The molecule has 0 aliphatic carbocycles. The van der Waals surface area contributed by atoms with Gasteiger partial charge in [0.1, 0.15) is 19.3 Å². The third-order valence-corrected chi connectivity index (χ3v) is 8.19. The van der Waals surface area contributed by atoms with Crippen molar-refractivity contribution in [2.24, 2.45) is 0 Å². The second kappa shape index (κ2) is 11.3. The Kier molecular flexibility index (Phi) is 8.99. The largest absolute Gasteiger partial charge is 0.425 e. The molecule has 0 atom stereocenters. The highest BCUT2D eigenvalue weighted by molar-refractivity contribution is 14.1. The van der Waals surface area contributed by atoms with Gasteiger partial charge in [0.05, 0.1) is 22.7 Å². The number of imidazole rings is 1. The van der Waals surface area contributed by atoms with Crippen molar-refractivity contribution < 1.29 is 18.9 Å². The van der Waals surface area contributed by atoms with Gasteiger partial charge in [0.2, 0.25) is 0 Å². The Labute approximate surface area is 209 Å². The van der Waals surface area contributed by atoms with E-state index in [4.69, 9.17) is 35.5 Å². The zero-order chi connectivity index (χ0) is 23.3. The highest BCUT2D eigenvalue weighted by Gasteiger charge is 2.17. The van der Waals surface area contributed by atoms with Crippen LogP contribution >= 0.6 is 34.2 Å². The van der Waals surface area contributed by atoms with E-state index in [2.05, 4.69) is 42.2 Å². The molecule has 0 N–H and O–H groups in total. The third kappa shape index (κ3) is 6.91. The molecule has 0 spiro atoms. The van der Waals surface area contributed by atoms with E-state index < -0.39 is 8.07 Å². The predicted molar refractivity (Wildman–Crippen MR) is 139 cm³/mol. The topological polar surface area (TPSA) is 54.7 Å². The summed E-state index contributed by atoms with van der Waals surface area (Å²) >= 11 is 8.61. The predicted octanol–water partition coefficient (Wildman–Crippen LogP) is 6.83. The van der Waals surface area contributed by atoms with Gasteiger partial charge in [-0.1, -0.05) is 37.3 Å². The van der Waals surface area contributed by atoms with Gasteiger partial charge in [-0.15, -0.1) is 0 Å². The Bertz CT molecular complexity index is 1070. The first kappa shape index (κ1) is 25.4. The molecule has 1 heterocycles. The lowest BCUT2D eigenvalue weighted by molar-refractivity contribution is -0.0392. The Hall–Kier alpha value is -1.17. The van der Waals surface area contributed by atoms with Crippen molar-refractivity contribution >= 4 is 53.3 Å². The lowest BCUT2D eigenvalue weighted by atomic mass is 10.1. The molecular formula is C23H30ClIN2O4Si. The fourth-order valence-electron chi connectivity index (χ4n) is 3.04. The summed E-state index contributed by atoms with van der Waals surface area (Å²) < 4.78 is 25.6. The summed E-state index contributed by atoms with van der Waals surface area (Å²) in [5.41, 5.74) is 3.86. The molecular weight excluding hydrogens is 559 g/mol. The quantitative estimate of drug-likeness (QED) is 0.106. The molecule has 174 valence electrons. The second-order valence-electron chi connectivity index (χ2n) is 8.87. The van der Waals surface area contributed by atoms with Crippen LogP contribution in [0.3, 0.4) is 0 Å². The van der Waals surface area contributed by atoms with E-state index in [0.29, 0.717) is 36.7 Å². The van der Waals surface area contributed by atoms with Gasteiger partial charge >= 0.3 is 6.01 Å². The number of rotatable bonds is 11. The van der Waals surface area contributed by atoms with Gasteiger partial charge < -0.3 is 18.9 Å². The number of aryl methyl sites for hydroxylation is 1. The van der Waals surface area contributed by atoms with Crippen LogP contribution < -0.4 is 4.74 Å². The zero-order valence-corrected chi connectivity index (χ0v) is 23.1. The summed E-state index contributed by atoms with van der Waals surface area (Å²) in [5.74, 6) is 0.686. The molecule has 0 fully saturated rings. The van der Waals surface area contributed by atoms with Gasteiger partial charge in [-0.3, -0.25) is 4.57 Å². The van der Waals surface area contributed by atoms with Crippen LogP contribution in [0.4, 0.5) is 0 Å². The number of fused-ring (bicyclic) bond motifs is 1. The number of aromatic nitrogens is 2. The van der Waals surface area contributed by atoms with E-state index >= 15 is 0 Å². The van der Waals surface area contributed by atoms with E-state index in [1.165, 1.54) is 0 Å². The number of methoxy groups -OCH3 is 1. The lowest BCUT2D eigenvalue weighted by Crippen LogP contribution is -2.22. The number of nitrogens with zero attached hydrogens (tertiary/aromatic N) is 2. The molecule has 32 heavy (non-hydrogen) atoms. The van der Waals surface area contributed by atoms with Gasteiger partial charge in [0.15, 0.2) is 0 Å². The van der Waals surface area contributed by atoms with Crippen LogP contribution in [-0.2, 0) is 27.5 Å². The molecule has 2 aromatic carbocycles. The second-order valence-corrected chi connectivity index (χ2v) is 16.1. The first-order chi connectivity index (χ1) is 15.2. The molecule has 0 amide bonds. The van der Waals surface area contributed by atoms with Crippen molar-refractivity contribution in [3.05, 3.63) is 50.1 Å². The SMILES string of the molecule is COCOCc1cc(Oc2nc3cc(I)c(Cl)cc3n2COCC[Si](C)(C)C)ccc1C. The Balaban J connectivity index is 1.87. The average molecular weight is 589 g/mol. The standard InChI is InChI=1S/C23H30ClIN2O4Si/c1-16-6-7-18(10-17(16)13-30-15-28-2)31-23-26-21-12-20(25)19(24)11-22(21)27(23)14-29-8-9-32(3,4)5/h6-7,10-12H,8-9,13-15H2,1-5H3. The molecule has 3 aromatic rings. The van der Waals surface area contributed by atoms with Crippen LogP contribution in [0.1, 0.15) is 11.1 Å². The van der Waals surface area contributed by atoms with E-state index in [-0.39, 0.29) is 6.79 Å². The fourth-order valence-corrected chi connectivity index (χ4v) is 4.41. The first-order valence-corrected chi connectivity index (χ1v) is 15.6. The summed E-state index contributed by atoms with van der Waals surface area (Å²) in [7, 11) is 0.434. The summed E-state index contributed by atoms with van der Waals surface area (Å²) in [5, 5.41) is 0.681. The van der Waals surface area contributed by atoms with Crippen LogP contribution in [0.2, 0.25) is 30.7 Å². The number of hydrogen-bond acceptors (Lipinski definition) is 5. The summed E-state index contributed by atoms with van der Waals surface area (Å²) in [4.78, 5) is 4.72. The molecule has 6 nitrogen and oxygen atoms in total. The highest BCUT2D eigenvalue weighted by Crippen LogP contribution is 2.31. The molecule has 0 unspecified atom stereocenters. The molecule has 0 saturated carbocycles. The van der Waals surface area contributed by atoms with E-state index in [9.17, 15) is 0 Å². The minimum absolute atomic E-state index is 0.245. The minimum Gasteiger partial charge on any atom is -0.425 e. The molecule has 0 saturated heterocycles. The molecule has 1 aromatic heterocycles. The third-order valence-electron chi connectivity index (χ3n) is 4.96. The van der Waals surface area contributed by atoms with E-state index in [0.717, 1.165) is 31.8 Å². The van der Waals surface area contributed by atoms with Crippen molar-refractivity contribution in [1.82, 2.24) is 9.55 Å². The van der Waals surface area contributed by atoms with Crippen LogP contribution in [0.25, 0.3) is 11.0 Å². The van der Waals surface area contributed by atoms with Crippen molar-refractivity contribution in [2.75, 3.05) is 20.5 Å². The van der Waals surface area contributed by atoms with Gasteiger partial charge in [0.25, 0.3) is 0 Å². The van der Waals surface area contributed by atoms with Gasteiger partial charge in [-0.2, -0.15) is 4.98 Å². The maximum atomic E-state index is 6.40. The van der Waals surface area contributed by atoms with Crippen molar-refractivity contribution in [1.29, 1.82) is 0 Å². The van der Waals surface area contributed by atoms with Gasteiger partial charge in [-0.05, 0) is 71.0 Å². The smallest absolute Gasteiger partial charge is 0.304 e. The van der Waals surface area contributed by atoms with Crippen LogP contribution in [0.15, 0.2) is 30.3 Å². The number of ether oxygens (including phenoxy) is 4. The van der Waals surface area contributed by atoms with Crippen molar-refractivity contribution in [2.45, 2.75) is 45.9 Å². The Morgan fingerprint density at radius 2 is 1.91 bits per heavy atom. The normalized spacial score (nSPS) is 12.0.